The highest BCUT2D eigenvalue weighted by Gasteiger charge is 2.09. The number of hydrogen-bond donors (Lipinski definition) is 1. The Bertz CT molecular complexity index is 398. The first kappa shape index (κ1) is 17.7. The van der Waals surface area contributed by atoms with Gasteiger partial charge in [-0.25, -0.2) is 0 Å². The third kappa shape index (κ3) is 7.41. The van der Waals surface area contributed by atoms with Gasteiger partial charge in [0.05, 0.1) is 6.61 Å². The molecule has 0 aliphatic heterocycles. The molecule has 0 radical (unpaired) electrons. The van der Waals surface area contributed by atoms with E-state index in [2.05, 4.69) is 67.1 Å². The molecule has 0 fully saturated rings. The normalized spacial score (nSPS) is 11.8. The van der Waals surface area contributed by atoms with E-state index in [-0.39, 0.29) is 5.54 Å². The maximum absolute atomic E-state index is 5.71. The Balaban J connectivity index is 2.43. The van der Waals surface area contributed by atoms with Crippen LogP contribution in [-0.4, -0.2) is 12.1 Å². The fraction of sp³-hybridized carbons (Fsp3) is 0.647. The van der Waals surface area contributed by atoms with Gasteiger partial charge in [-0.3, -0.25) is 0 Å². The Morgan fingerprint density at radius 1 is 1.20 bits per heavy atom. The molecular formula is C17H28BrNO. The third-order valence-corrected chi connectivity index (χ3v) is 3.83. The lowest BCUT2D eigenvalue weighted by atomic mass is 10.1. The predicted molar refractivity (Wildman–Crippen MR) is 89.9 cm³/mol. The zero-order valence-electron chi connectivity index (χ0n) is 13.3. The van der Waals surface area contributed by atoms with Crippen LogP contribution in [0.25, 0.3) is 0 Å². The molecule has 0 unspecified atom stereocenters. The third-order valence-electron chi connectivity index (χ3n) is 3.09. The molecule has 114 valence electrons. The average molecular weight is 342 g/mol. The Hall–Kier alpha value is -0.380. The highest BCUT2D eigenvalue weighted by molar-refractivity contribution is 9.10. The summed E-state index contributed by atoms with van der Waals surface area (Å²) >= 11 is 3.64. The van der Waals surface area contributed by atoms with E-state index in [1.54, 1.807) is 0 Å². The summed E-state index contributed by atoms with van der Waals surface area (Å²) in [4.78, 5) is 0. The van der Waals surface area contributed by atoms with Gasteiger partial charge >= 0.3 is 0 Å². The van der Waals surface area contributed by atoms with Gasteiger partial charge in [0.15, 0.2) is 0 Å². The molecule has 20 heavy (non-hydrogen) atoms. The van der Waals surface area contributed by atoms with Gasteiger partial charge in [-0.2, -0.15) is 0 Å². The molecule has 0 saturated heterocycles. The summed E-state index contributed by atoms with van der Waals surface area (Å²) in [5.74, 6) is 0. The first-order valence-corrected chi connectivity index (χ1v) is 8.32. The van der Waals surface area contributed by atoms with Gasteiger partial charge in [0, 0.05) is 23.2 Å². The quantitative estimate of drug-likeness (QED) is 0.668. The Morgan fingerprint density at radius 2 is 1.95 bits per heavy atom. The van der Waals surface area contributed by atoms with Crippen LogP contribution in [0.4, 0.5) is 0 Å². The summed E-state index contributed by atoms with van der Waals surface area (Å²) in [5.41, 5.74) is 2.66. The Labute approximate surface area is 132 Å². The first-order valence-electron chi connectivity index (χ1n) is 7.52. The van der Waals surface area contributed by atoms with Gasteiger partial charge < -0.3 is 10.1 Å². The van der Waals surface area contributed by atoms with E-state index in [0.29, 0.717) is 6.61 Å². The maximum atomic E-state index is 5.71. The van der Waals surface area contributed by atoms with Crippen molar-refractivity contribution in [1.82, 2.24) is 5.32 Å². The van der Waals surface area contributed by atoms with Crippen LogP contribution >= 0.6 is 15.9 Å². The van der Waals surface area contributed by atoms with E-state index in [1.165, 1.54) is 24.0 Å². The zero-order chi connectivity index (χ0) is 15.0. The standard InChI is InChI=1S/C17H28BrNO/c1-5-6-7-10-20-13-15-9-8-14(11-16(15)18)12-19-17(2,3)4/h8-9,11,19H,5-7,10,12-13H2,1-4H3. The average Bonchev–Trinajstić information content (AvgIpc) is 2.37. The number of nitrogens with one attached hydrogen (secondary N) is 1. The molecule has 0 spiro atoms. The van der Waals surface area contributed by atoms with Gasteiger partial charge in [0.1, 0.15) is 0 Å². The summed E-state index contributed by atoms with van der Waals surface area (Å²) in [7, 11) is 0. The molecule has 0 amide bonds. The zero-order valence-corrected chi connectivity index (χ0v) is 14.8. The molecule has 0 bridgehead atoms. The highest BCUT2D eigenvalue weighted by Crippen LogP contribution is 2.20. The van der Waals surface area contributed by atoms with Gasteiger partial charge in [-0.1, -0.05) is 47.8 Å². The fourth-order valence-corrected chi connectivity index (χ4v) is 2.36. The van der Waals surface area contributed by atoms with Gasteiger partial charge in [-0.15, -0.1) is 0 Å². The van der Waals surface area contributed by atoms with E-state index in [9.17, 15) is 0 Å². The topological polar surface area (TPSA) is 21.3 Å². The predicted octanol–water partition coefficient (Wildman–Crippen LogP) is 5.04. The summed E-state index contributed by atoms with van der Waals surface area (Å²) in [6.45, 7) is 11.2. The Kier molecular flexibility index (Phi) is 7.78. The second-order valence-corrected chi connectivity index (χ2v) is 7.14. The molecule has 1 aromatic rings. The number of hydrogen-bond acceptors (Lipinski definition) is 2. The van der Waals surface area contributed by atoms with Crippen LogP contribution < -0.4 is 5.32 Å². The number of halogens is 1. The van der Waals surface area contributed by atoms with Crippen LogP contribution in [0.15, 0.2) is 22.7 Å². The number of rotatable bonds is 8. The molecule has 0 aromatic heterocycles. The maximum Gasteiger partial charge on any atom is 0.0727 e. The molecule has 2 nitrogen and oxygen atoms in total. The van der Waals surface area contributed by atoms with Gasteiger partial charge in [0.2, 0.25) is 0 Å². The van der Waals surface area contributed by atoms with Crippen molar-refractivity contribution in [3.8, 4) is 0 Å². The number of unbranched alkanes of at least 4 members (excludes halogenated alkanes) is 2. The minimum atomic E-state index is 0.146. The number of ether oxygens (including phenoxy) is 1. The van der Waals surface area contributed by atoms with Crippen molar-refractivity contribution in [2.24, 2.45) is 0 Å². The Morgan fingerprint density at radius 3 is 2.55 bits per heavy atom. The van der Waals surface area contributed by atoms with Crippen molar-refractivity contribution < 1.29 is 4.74 Å². The van der Waals surface area contributed by atoms with Crippen molar-refractivity contribution in [2.45, 2.75) is 65.6 Å². The lowest BCUT2D eigenvalue weighted by molar-refractivity contribution is 0.116. The lowest BCUT2D eigenvalue weighted by Gasteiger charge is -2.20. The molecular weight excluding hydrogens is 314 g/mol. The summed E-state index contributed by atoms with van der Waals surface area (Å²) < 4.78 is 6.85. The molecule has 0 saturated carbocycles. The van der Waals surface area contributed by atoms with Gasteiger partial charge in [-0.05, 0) is 44.4 Å². The fourth-order valence-electron chi connectivity index (χ4n) is 1.82. The van der Waals surface area contributed by atoms with Crippen molar-refractivity contribution in [3.05, 3.63) is 33.8 Å². The van der Waals surface area contributed by atoms with E-state index in [1.807, 2.05) is 0 Å². The molecule has 1 N–H and O–H groups in total. The van der Waals surface area contributed by atoms with Crippen LogP contribution in [0.3, 0.4) is 0 Å². The second kappa shape index (κ2) is 8.81. The molecule has 0 atom stereocenters. The van der Waals surface area contributed by atoms with Crippen LogP contribution in [-0.2, 0) is 17.9 Å². The number of benzene rings is 1. The van der Waals surface area contributed by atoms with Crippen molar-refractivity contribution in [3.63, 3.8) is 0 Å². The minimum Gasteiger partial charge on any atom is -0.377 e. The van der Waals surface area contributed by atoms with E-state index >= 15 is 0 Å². The molecule has 0 aliphatic carbocycles. The van der Waals surface area contributed by atoms with Crippen LogP contribution in [0.2, 0.25) is 0 Å². The summed E-state index contributed by atoms with van der Waals surface area (Å²) in [6, 6.07) is 6.52. The molecule has 1 aromatic carbocycles. The summed E-state index contributed by atoms with van der Waals surface area (Å²) in [5, 5.41) is 3.50. The monoisotopic (exact) mass is 341 g/mol. The van der Waals surface area contributed by atoms with Crippen molar-refractivity contribution >= 4 is 15.9 Å². The van der Waals surface area contributed by atoms with E-state index in [0.717, 1.165) is 24.0 Å². The van der Waals surface area contributed by atoms with Crippen LogP contribution in [0, 0.1) is 0 Å². The smallest absolute Gasteiger partial charge is 0.0727 e. The van der Waals surface area contributed by atoms with Crippen LogP contribution in [0.5, 0.6) is 0 Å². The highest BCUT2D eigenvalue weighted by atomic mass is 79.9. The van der Waals surface area contributed by atoms with E-state index < -0.39 is 0 Å². The minimum absolute atomic E-state index is 0.146. The molecule has 0 heterocycles. The second-order valence-electron chi connectivity index (χ2n) is 6.29. The first-order chi connectivity index (χ1) is 9.42. The molecule has 3 heteroatoms. The molecule has 1 rings (SSSR count). The van der Waals surface area contributed by atoms with Crippen molar-refractivity contribution in [2.75, 3.05) is 6.61 Å². The van der Waals surface area contributed by atoms with Crippen molar-refractivity contribution in [1.29, 1.82) is 0 Å². The lowest BCUT2D eigenvalue weighted by Crippen LogP contribution is -2.35. The van der Waals surface area contributed by atoms with Gasteiger partial charge in [0.25, 0.3) is 0 Å². The van der Waals surface area contributed by atoms with E-state index in [4.69, 9.17) is 4.74 Å². The summed E-state index contributed by atoms with van der Waals surface area (Å²) in [6.07, 6.45) is 3.64. The SMILES string of the molecule is CCCCCOCc1ccc(CNC(C)(C)C)cc1Br. The van der Waals surface area contributed by atoms with Crippen LogP contribution in [0.1, 0.15) is 58.1 Å². The largest absolute Gasteiger partial charge is 0.377 e. The molecule has 0 aliphatic rings.